The molecule has 3 N–H and O–H groups in total. The summed E-state index contributed by atoms with van der Waals surface area (Å²) >= 11 is 1.38. The third-order valence-corrected chi connectivity index (χ3v) is 5.13. The predicted octanol–water partition coefficient (Wildman–Crippen LogP) is 2.09. The second-order valence-electron chi connectivity index (χ2n) is 5.18. The number of nitrogen functional groups attached to an aromatic ring is 1. The monoisotopic (exact) mass is 306 g/mol. The molecule has 0 bridgehead atoms. The smallest absolute Gasteiger partial charge is 0.266 e. The van der Waals surface area contributed by atoms with Crippen LogP contribution in [0.1, 0.15) is 22.5 Å². The van der Waals surface area contributed by atoms with Gasteiger partial charge in [0.2, 0.25) is 0 Å². The van der Waals surface area contributed by atoms with Gasteiger partial charge in [0.1, 0.15) is 10.6 Å². The highest BCUT2D eigenvalue weighted by molar-refractivity contribution is 7.21. The number of aliphatic hydroxyl groups is 1. The number of anilines is 1. The lowest BCUT2D eigenvalue weighted by Gasteiger charge is -2.22. The van der Waals surface area contributed by atoms with Crippen LogP contribution in [0.5, 0.6) is 5.75 Å². The standard InChI is InChI=1S/C15H18N2O3S/c1-20-10-4-5-11-12(7-10)21-14(13(11)16)15(19)17-6-2-3-9(17)8-18/h4-5,7,9,18H,2-3,6,8,16H2,1H3. The van der Waals surface area contributed by atoms with Crippen LogP contribution < -0.4 is 10.5 Å². The van der Waals surface area contributed by atoms with Crippen LogP contribution in [-0.2, 0) is 0 Å². The van der Waals surface area contributed by atoms with Gasteiger partial charge in [-0.15, -0.1) is 11.3 Å². The molecule has 0 saturated carbocycles. The van der Waals surface area contributed by atoms with Crippen LogP contribution in [0.4, 0.5) is 5.69 Å². The van der Waals surface area contributed by atoms with E-state index in [4.69, 9.17) is 10.5 Å². The van der Waals surface area contributed by atoms with Crippen LogP contribution in [0.3, 0.4) is 0 Å². The van der Waals surface area contributed by atoms with Crippen molar-refractivity contribution in [3.05, 3.63) is 23.1 Å². The molecule has 6 heteroatoms. The number of fused-ring (bicyclic) bond motifs is 1. The van der Waals surface area contributed by atoms with Gasteiger partial charge in [-0.1, -0.05) is 0 Å². The lowest BCUT2D eigenvalue weighted by molar-refractivity contribution is 0.0683. The maximum absolute atomic E-state index is 12.7. The average Bonchev–Trinajstić information content (AvgIpc) is 3.11. The van der Waals surface area contributed by atoms with E-state index in [2.05, 4.69) is 0 Å². The number of methoxy groups -OCH3 is 1. The van der Waals surface area contributed by atoms with Gasteiger partial charge >= 0.3 is 0 Å². The Morgan fingerprint density at radius 3 is 3.10 bits per heavy atom. The third-order valence-electron chi connectivity index (χ3n) is 3.98. The molecule has 5 nitrogen and oxygen atoms in total. The van der Waals surface area contributed by atoms with Crippen molar-refractivity contribution in [2.24, 2.45) is 0 Å². The molecule has 112 valence electrons. The minimum atomic E-state index is -0.0864. The van der Waals surface area contributed by atoms with E-state index in [0.29, 0.717) is 17.1 Å². The number of ether oxygens (including phenoxy) is 1. The highest BCUT2D eigenvalue weighted by atomic mass is 32.1. The molecule has 1 fully saturated rings. The Morgan fingerprint density at radius 2 is 2.38 bits per heavy atom. The minimum Gasteiger partial charge on any atom is -0.497 e. The molecule has 2 aromatic rings. The maximum atomic E-state index is 12.7. The van der Waals surface area contributed by atoms with Crippen LogP contribution in [0.25, 0.3) is 10.1 Å². The molecule has 1 aliphatic rings. The lowest BCUT2D eigenvalue weighted by Crippen LogP contribution is -2.37. The van der Waals surface area contributed by atoms with Gasteiger partial charge < -0.3 is 20.5 Å². The van der Waals surface area contributed by atoms with Crippen molar-refractivity contribution in [3.63, 3.8) is 0 Å². The Hall–Kier alpha value is -1.79. The van der Waals surface area contributed by atoms with Crippen LogP contribution >= 0.6 is 11.3 Å². The average molecular weight is 306 g/mol. The number of carbonyl (C=O) groups excluding carboxylic acids is 1. The Labute approximate surface area is 126 Å². The Kier molecular flexibility index (Phi) is 3.73. The molecule has 3 rings (SSSR count). The number of nitrogens with zero attached hydrogens (tertiary/aromatic N) is 1. The van der Waals surface area contributed by atoms with Gasteiger partial charge in [-0.05, 0) is 31.0 Å². The van der Waals surface area contributed by atoms with Crippen molar-refractivity contribution in [2.45, 2.75) is 18.9 Å². The molecule has 0 radical (unpaired) electrons. The van der Waals surface area contributed by atoms with Gasteiger partial charge in [0.05, 0.1) is 25.4 Å². The number of likely N-dealkylation sites (tertiary alicyclic amines) is 1. The van der Waals surface area contributed by atoms with E-state index in [0.717, 1.165) is 28.7 Å². The third kappa shape index (κ3) is 2.34. The number of hydrogen-bond acceptors (Lipinski definition) is 5. The molecular formula is C15H18N2O3S. The number of amides is 1. The van der Waals surface area contributed by atoms with E-state index in [9.17, 15) is 9.90 Å². The summed E-state index contributed by atoms with van der Waals surface area (Å²) in [5.41, 5.74) is 6.67. The zero-order valence-corrected chi connectivity index (χ0v) is 12.7. The number of aliphatic hydroxyl groups excluding tert-OH is 1. The Balaban J connectivity index is 2.00. The van der Waals surface area contributed by atoms with Crippen molar-refractivity contribution >= 4 is 33.0 Å². The summed E-state index contributed by atoms with van der Waals surface area (Å²) in [4.78, 5) is 15.0. The minimum absolute atomic E-state index is 0.00433. The van der Waals surface area contributed by atoms with E-state index in [1.807, 2.05) is 18.2 Å². The van der Waals surface area contributed by atoms with Gasteiger partial charge in [0.15, 0.2) is 0 Å². The van der Waals surface area contributed by atoms with Crippen LogP contribution in [0.15, 0.2) is 18.2 Å². The molecule has 0 aliphatic carbocycles. The molecular weight excluding hydrogens is 288 g/mol. The molecule has 1 saturated heterocycles. The first kappa shape index (κ1) is 14.2. The van der Waals surface area contributed by atoms with E-state index in [-0.39, 0.29) is 18.6 Å². The normalized spacial score (nSPS) is 18.4. The summed E-state index contributed by atoms with van der Waals surface area (Å²) in [6, 6.07) is 5.52. The van der Waals surface area contributed by atoms with Crippen molar-refractivity contribution in [3.8, 4) is 5.75 Å². The summed E-state index contributed by atoms with van der Waals surface area (Å²) in [5, 5.41) is 10.2. The second kappa shape index (κ2) is 5.54. The van der Waals surface area contributed by atoms with Gasteiger partial charge in [-0.25, -0.2) is 0 Å². The first-order valence-corrected chi connectivity index (χ1v) is 7.75. The molecule has 2 heterocycles. The zero-order valence-electron chi connectivity index (χ0n) is 11.8. The molecule has 21 heavy (non-hydrogen) atoms. The maximum Gasteiger partial charge on any atom is 0.266 e. The van der Waals surface area contributed by atoms with Crippen molar-refractivity contribution < 1.29 is 14.6 Å². The fraction of sp³-hybridized carbons (Fsp3) is 0.400. The van der Waals surface area contributed by atoms with Crippen molar-refractivity contribution in [2.75, 3.05) is 26.0 Å². The van der Waals surface area contributed by atoms with E-state index in [1.165, 1.54) is 11.3 Å². The van der Waals surface area contributed by atoms with Gasteiger partial charge in [-0.2, -0.15) is 0 Å². The number of rotatable bonds is 3. The van der Waals surface area contributed by atoms with Gasteiger partial charge in [0, 0.05) is 16.6 Å². The Morgan fingerprint density at radius 1 is 1.57 bits per heavy atom. The van der Waals surface area contributed by atoms with Crippen molar-refractivity contribution in [1.29, 1.82) is 0 Å². The molecule has 1 atom stereocenters. The van der Waals surface area contributed by atoms with Crippen molar-refractivity contribution in [1.82, 2.24) is 4.90 Å². The molecule has 1 unspecified atom stereocenters. The summed E-state index contributed by atoms with van der Waals surface area (Å²) in [7, 11) is 1.61. The zero-order chi connectivity index (χ0) is 15.0. The highest BCUT2D eigenvalue weighted by Crippen LogP contribution is 2.37. The van der Waals surface area contributed by atoms with E-state index < -0.39 is 0 Å². The predicted molar refractivity (Wildman–Crippen MR) is 83.9 cm³/mol. The largest absolute Gasteiger partial charge is 0.497 e. The van der Waals surface area contributed by atoms with E-state index >= 15 is 0 Å². The Bertz CT molecular complexity index is 683. The molecule has 1 aliphatic heterocycles. The topological polar surface area (TPSA) is 75.8 Å². The number of thiophene rings is 1. The first-order chi connectivity index (χ1) is 10.2. The van der Waals surface area contributed by atoms with E-state index in [1.54, 1.807) is 12.0 Å². The summed E-state index contributed by atoms with van der Waals surface area (Å²) in [5.74, 6) is 0.668. The molecule has 1 amide bonds. The fourth-order valence-electron chi connectivity index (χ4n) is 2.81. The number of nitrogens with two attached hydrogens (primary N) is 1. The highest BCUT2D eigenvalue weighted by Gasteiger charge is 2.31. The number of hydrogen-bond donors (Lipinski definition) is 2. The van der Waals surface area contributed by atoms with Crippen LogP contribution in [-0.4, -0.2) is 42.2 Å². The summed E-state index contributed by atoms with van der Waals surface area (Å²) < 4.78 is 6.14. The van der Waals surface area contributed by atoms with Crippen LogP contribution in [0.2, 0.25) is 0 Å². The van der Waals surface area contributed by atoms with Gasteiger partial charge in [0.25, 0.3) is 5.91 Å². The SMILES string of the molecule is COc1ccc2c(N)c(C(=O)N3CCCC3CO)sc2c1. The molecule has 1 aromatic carbocycles. The number of benzene rings is 1. The quantitative estimate of drug-likeness (QED) is 0.910. The van der Waals surface area contributed by atoms with Gasteiger partial charge in [-0.3, -0.25) is 4.79 Å². The number of carbonyl (C=O) groups is 1. The van der Waals surface area contributed by atoms with Crippen LogP contribution in [0, 0.1) is 0 Å². The summed E-state index contributed by atoms with van der Waals surface area (Å²) in [6.07, 6.45) is 1.77. The molecule has 1 aromatic heterocycles. The fourth-order valence-corrected chi connectivity index (χ4v) is 3.91. The summed E-state index contributed by atoms with van der Waals surface area (Å²) in [6.45, 7) is 0.686. The lowest BCUT2D eigenvalue weighted by atomic mass is 10.2. The molecule has 0 spiro atoms. The first-order valence-electron chi connectivity index (χ1n) is 6.93. The second-order valence-corrected chi connectivity index (χ2v) is 6.24.